The highest BCUT2D eigenvalue weighted by Crippen LogP contribution is 2.35. The van der Waals surface area contributed by atoms with Gasteiger partial charge in [0.15, 0.2) is 5.17 Å². The van der Waals surface area contributed by atoms with Crippen LogP contribution in [0.3, 0.4) is 0 Å². The second-order valence-corrected chi connectivity index (χ2v) is 11.5. The van der Waals surface area contributed by atoms with E-state index in [1.165, 1.54) is 17.3 Å². The fraction of sp³-hybridized carbons (Fsp3) is 0.212. The second-order valence-electron chi connectivity index (χ2n) is 10.5. The summed E-state index contributed by atoms with van der Waals surface area (Å²) in [6.07, 6.45) is 5.13. The third-order valence-corrected chi connectivity index (χ3v) is 8.53. The Morgan fingerprint density at radius 2 is 1.74 bits per heavy atom. The molecule has 0 bridgehead atoms. The van der Waals surface area contributed by atoms with Crippen molar-refractivity contribution < 1.29 is 14.3 Å². The van der Waals surface area contributed by atoms with E-state index in [0.717, 1.165) is 33.8 Å². The SMILES string of the molecule is Cc1ccc(COc2ccc(-c3nn(-c4ccccc4)cc3/C=C3\SC(N4CCC(C(N)=O)CC4)=NC3=O)cc2)cc1. The lowest BCUT2D eigenvalue weighted by atomic mass is 9.97. The standard InChI is InChI=1S/C33H31N5O3S/c1-22-7-9-23(10-8-22)21-41-28-13-11-24(12-14-28)30-26(20-38(36-30)27-5-3-2-4-6-27)19-29-32(40)35-33(42-29)37-17-15-25(16-18-37)31(34)39/h2-14,19-20,25H,15-18,21H2,1H3,(H2,34,39)/b29-19-. The largest absolute Gasteiger partial charge is 0.489 e. The summed E-state index contributed by atoms with van der Waals surface area (Å²) >= 11 is 1.36. The van der Waals surface area contributed by atoms with Crippen molar-refractivity contribution in [2.45, 2.75) is 26.4 Å². The molecule has 9 heteroatoms. The van der Waals surface area contributed by atoms with E-state index in [4.69, 9.17) is 15.6 Å². The number of para-hydroxylation sites is 1. The topological polar surface area (TPSA) is 103 Å². The number of aromatic nitrogens is 2. The monoisotopic (exact) mass is 577 g/mol. The van der Waals surface area contributed by atoms with Gasteiger partial charge in [0, 0.05) is 36.3 Å². The minimum absolute atomic E-state index is 0.121. The van der Waals surface area contributed by atoms with Gasteiger partial charge in [-0.2, -0.15) is 10.1 Å². The zero-order valence-electron chi connectivity index (χ0n) is 23.3. The first-order chi connectivity index (χ1) is 20.4. The molecule has 2 aliphatic heterocycles. The van der Waals surface area contributed by atoms with E-state index in [1.54, 1.807) is 0 Å². The van der Waals surface area contributed by atoms with Gasteiger partial charge in [-0.25, -0.2) is 4.68 Å². The van der Waals surface area contributed by atoms with Crippen LogP contribution in [-0.2, 0) is 16.2 Å². The number of nitrogens with two attached hydrogens (primary N) is 1. The number of nitrogens with zero attached hydrogens (tertiary/aromatic N) is 4. The number of aliphatic imine (C=N–C) groups is 1. The molecule has 0 radical (unpaired) electrons. The van der Waals surface area contributed by atoms with Gasteiger partial charge < -0.3 is 15.4 Å². The molecule has 0 spiro atoms. The highest BCUT2D eigenvalue weighted by Gasteiger charge is 2.31. The Labute approximate surface area is 248 Å². The molecule has 42 heavy (non-hydrogen) atoms. The van der Waals surface area contributed by atoms with Crippen molar-refractivity contribution in [3.63, 3.8) is 0 Å². The summed E-state index contributed by atoms with van der Waals surface area (Å²) in [6.45, 7) is 3.85. The average Bonchev–Trinajstić information content (AvgIpc) is 3.61. The molecule has 2 amide bonds. The number of benzene rings is 3. The number of carbonyl (C=O) groups excluding carboxylic acids is 2. The minimum atomic E-state index is -0.273. The van der Waals surface area contributed by atoms with Gasteiger partial charge in [0.05, 0.1) is 16.3 Å². The van der Waals surface area contributed by atoms with Crippen LogP contribution in [0.25, 0.3) is 23.0 Å². The molecule has 1 saturated heterocycles. The Hall–Kier alpha value is -4.63. The van der Waals surface area contributed by atoms with Gasteiger partial charge in [0.25, 0.3) is 5.91 Å². The Balaban J connectivity index is 1.23. The van der Waals surface area contributed by atoms with Crippen LogP contribution in [0.2, 0.25) is 0 Å². The zero-order valence-corrected chi connectivity index (χ0v) is 24.1. The van der Waals surface area contributed by atoms with Crippen LogP contribution in [0.4, 0.5) is 0 Å². The summed E-state index contributed by atoms with van der Waals surface area (Å²) < 4.78 is 7.83. The Morgan fingerprint density at radius 1 is 1.02 bits per heavy atom. The molecule has 3 heterocycles. The molecule has 2 aliphatic rings. The molecule has 1 fully saturated rings. The van der Waals surface area contributed by atoms with Crippen LogP contribution in [0, 0.1) is 12.8 Å². The van der Waals surface area contributed by atoms with Crippen molar-refractivity contribution in [3.05, 3.63) is 107 Å². The van der Waals surface area contributed by atoms with Gasteiger partial charge >= 0.3 is 0 Å². The molecule has 8 nitrogen and oxygen atoms in total. The number of piperidine rings is 1. The fourth-order valence-electron chi connectivity index (χ4n) is 5.02. The molecule has 0 unspecified atom stereocenters. The molecule has 212 valence electrons. The first-order valence-electron chi connectivity index (χ1n) is 13.9. The summed E-state index contributed by atoms with van der Waals surface area (Å²) in [5.74, 6) is 0.109. The summed E-state index contributed by atoms with van der Waals surface area (Å²) in [6, 6.07) is 26.0. The van der Waals surface area contributed by atoms with Crippen molar-refractivity contribution in [2.24, 2.45) is 16.6 Å². The number of carbonyl (C=O) groups is 2. The van der Waals surface area contributed by atoms with Crippen LogP contribution < -0.4 is 10.5 Å². The normalized spacial score (nSPS) is 16.6. The number of likely N-dealkylation sites (tertiary alicyclic amines) is 1. The van der Waals surface area contributed by atoms with E-state index in [9.17, 15) is 9.59 Å². The molecule has 1 aromatic heterocycles. The van der Waals surface area contributed by atoms with E-state index in [-0.39, 0.29) is 17.7 Å². The predicted molar refractivity (Wildman–Crippen MR) is 166 cm³/mol. The summed E-state index contributed by atoms with van der Waals surface area (Å²) in [7, 11) is 0. The first-order valence-corrected chi connectivity index (χ1v) is 14.8. The van der Waals surface area contributed by atoms with Crippen LogP contribution in [0.1, 0.15) is 29.5 Å². The number of rotatable bonds is 7. The van der Waals surface area contributed by atoms with Crippen molar-refractivity contribution in [3.8, 4) is 22.7 Å². The van der Waals surface area contributed by atoms with Gasteiger partial charge in [-0.05, 0) is 79.6 Å². The van der Waals surface area contributed by atoms with Crippen molar-refractivity contribution in [1.82, 2.24) is 14.7 Å². The Kier molecular flexibility index (Phi) is 7.92. The van der Waals surface area contributed by atoms with Gasteiger partial charge in [-0.1, -0.05) is 48.0 Å². The predicted octanol–water partition coefficient (Wildman–Crippen LogP) is 5.59. The van der Waals surface area contributed by atoms with Crippen LogP contribution in [0.5, 0.6) is 5.75 Å². The van der Waals surface area contributed by atoms with Crippen molar-refractivity contribution in [1.29, 1.82) is 0 Å². The van der Waals surface area contributed by atoms with Gasteiger partial charge in [-0.15, -0.1) is 0 Å². The molecule has 2 N–H and O–H groups in total. The minimum Gasteiger partial charge on any atom is -0.489 e. The maximum absolute atomic E-state index is 13.0. The zero-order chi connectivity index (χ0) is 29.1. The highest BCUT2D eigenvalue weighted by atomic mass is 32.2. The lowest BCUT2D eigenvalue weighted by Crippen LogP contribution is -2.40. The van der Waals surface area contributed by atoms with E-state index >= 15 is 0 Å². The van der Waals surface area contributed by atoms with Crippen LogP contribution in [0.15, 0.2) is 95.0 Å². The number of hydrogen-bond donors (Lipinski definition) is 1. The molecule has 6 rings (SSSR count). The van der Waals surface area contributed by atoms with Gasteiger partial charge in [0.1, 0.15) is 12.4 Å². The lowest BCUT2D eigenvalue weighted by Gasteiger charge is -2.31. The Bertz CT molecular complexity index is 1650. The molecule has 0 atom stereocenters. The first kappa shape index (κ1) is 27.5. The third kappa shape index (κ3) is 6.16. The number of amidine groups is 1. The number of thioether (sulfide) groups is 1. The number of primary amides is 1. The highest BCUT2D eigenvalue weighted by molar-refractivity contribution is 8.18. The van der Waals surface area contributed by atoms with Gasteiger partial charge in [0.2, 0.25) is 5.91 Å². The number of amides is 2. The molecule has 0 saturated carbocycles. The number of hydrogen-bond acceptors (Lipinski definition) is 6. The van der Waals surface area contributed by atoms with Gasteiger partial charge in [-0.3, -0.25) is 9.59 Å². The quantitative estimate of drug-likeness (QED) is 0.287. The third-order valence-electron chi connectivity index (χ3n) is 7.48. The van der Waals surface area contributed by atoms with E-state index < -0.39 is 0 Å². The van der Waals surface area contributed by atoms with Crippen molar-refractivity contribution in [2.75, 3.05) is 13.1 Å². The van der Waals surface area contributed by atoms with Crippen molar-refractivity contribution >= 4 is 34.8 Å². The van der Waals surface area contributed by atoms with Crippen LogP contribution in [-0.4, -0.2) is 44.8 Å². The Morgan fingerprint density at radius 3 is 2.43 bits per heavy atom. The molecule has 4 aromatic rings. The van der Waals surface area contributed by atoms with E-state index in [0.29, 0.717) is 42.6 Å². The second kappa shape index (κ2) is 12.1. The smallest absolute Gasteiger partial charge is 0.286 e. The maximum Gasteiger partial charge on any atom is 0.286 e. The average molecular weight is 578 g/mol. The fourth-order valence-corrected chi connectivity index (χ4v) is 5.98. The number of ether oxygens (including phenoxy) is 1. The lowest BCUT2D eigenvalue weighted by molar-refractivity contribution is -0.123. The molecule has 0 aliphatic carbocycles. The summed E-state index contributed by atoms with van der Waals surface area (Å²) in [5.41, 5.74) is 11.2. The van der Waals surface area contributed by atoms with E-state index in [1.807, 2.05) is 71.6 Å². The van der Waals surface area contributed by atoms with Crippen LogP contribution >= 0.6 is 11.8 Å². The summed E-state index contributed by atoms with van der Waals surface area (Å²) in [5, 5.41) is 5.57. The molecular formula is C33H31N5O3S. The molecule has 3 aromatic carbocycles. The van der Waals surface area contributed by atoms with E-state index in [2.05, 4.69) is 41.1 Å². The molecular weight excluding hydrogens is 546 g/mol. The number of aryl methyl sites for hydroxylation is 1. The summed E-state index contributed by atoms with van der Waals surface area (Å²) in [4.78, 5) is 31.4. The maximum atomic E-state index is 13.0.